The van der Waals surface area contributed by atoms with Crippen LogP contribution in [0.4, 0.5) is 0 Å². The third-order valence-corrected chi connectivity index (χ3v) is 5.14. The Hall–Kier alpha value is -2.25. The lowest BCUT2D eigenvalue weighted by Crippen LogP contribution is -2.44. The molecule has 1 aliphatic carbocycles. The van der Waals surface area contributed by atoms with E-state index in [4.69, 9.17) is 15.0 Å². The Bertz CT molecular complexity index is 836. The smallest absolute Gasteiger partial charge is 0.277 e. The molecule has 0 unspecified atom stereocenters. The summed E-state index contributed by atoms with van der Waals surface area (Å²) in [5, 5.41) is 6.86. The number of hydrogen-bond donors (Lipinski definition) is 1. The summed E-state index contributed by atoms with van der Waals surface area (Å²) in [6.07, 6.45) is 2.92. The van der Waals surface area contributed by atoms with Crippen molar-refractivity contribution < 1.29 is 9.26 Å². The molecule has 2 aromatic heterocycles. The van der Waals surface area contributed by atoms with Gasteiger partial charge in [-0.1, -0.05) is 5.16 Å². The minimum Gasteiger partial charge on any atom is -0.494 e. The molecular formula is C17H18N4O2S. The molecule has 7 heteroatoms. The van der Waals surface area contributed by atoms with E-state index < -0.39 is 5.54 Å². The lowest BCUT2D eigenvalue weighted by Gasteiger charge is -2.34. The van der Waals surface area contributed by atoms with E-state index >= 15 is 0 Å². The van der Waals surface area contributed by atoms with Crippen molar-refractivity contribution in [3.63, 3.8) is 0 Å². The van der Waals surface area contributed by atoms with Crippen molar-refractivity contribution in [2.75, 3.05) is 6.61 Å². The molecule has 1 saturated carbocycles. The Labute approximate surface area is 143 Å². The Morgan fingerprint density at radius 3 is 2.71 bits per heavy atom. The van der Waals surface area contributed by atoms with Gasteiger partial charge in [-0.2, -0.15) is 4.98 Å². The van der Waals surface area contributed by atoms with Gasteiger partial charge in [0.05, 0.1) is 12.1 Å². The molecule has 1 aromatic carbocycles. The van der Waals surface area contributed by atoms with Crippen LogP contribution in [-0.2, 0) is 5.54 Å². The average Bonchev–Trinajstić information content (AvgIpc) is 3.23. The van der Waals surface area contributed by atoms with Crippen LogP contribution in [0.2, 0.25) is 0 Å². The zero-order valence-electron chi connectivity index (χ0n) is 13.4. The van der Waals surface area contributed by atoms with E-state index in [0.29, 0.717) is 24.0 Å². The van der Waals surface area contributed by atoms with Crippen molar-refractivity contribution in [3.05, 3.63) is 35.5 Å². The number of nitrogens with zero attached hydrogens (tertiary/aromatic N) is 3. The molecule has 4 rings (SSSR count). The number of benzene rings is 1. The van der Waals surface area contributed by atoms with Crippen molar-refractivity contribution >= 4 is 11.3 Å². The SMILES string of the molecule is CCOc1ccc(-c2nc(-c3nc(C4(N)CCC4)no3)cs2)cc1. The van der Waals surface area contributed by atoms with Crippen molar-refractivity contribution in [3.8, 4) is 27.9 Å². The lowest BCUT2D eigenvalue weighted by molar-refractivity contribution is 0.229. The van der Waals surface area contributed by atoms with Crippen molar-refractivity contribution in [2.45, 2.75) is 31.7 Å². The molecule has 24 heavy (non-hydrogen) atoms. The summed E-state index contributed by atoms with van der Waals surface area (Å²) in [4.78, 5) is 9.05. The third kappa shape index (κ3) is 2.70. The molecule has 0 spiro atoms. The maximum Gasteiger partial charge on any atom is 0.277 e. The fraction of sp³-hybridized carbons (Fsp3) is 0.353. The van der Waals surface area contributed by atoms with Crippen LogP contribution in [0.25, 0.3) is 22.2 Å². The van der Waals surface area contributed by atoms with E-state index in [1.54, 1.807) is 11.3 Å². The van der Waals surface area contributed by atoms with Gasteiger partial charge in [0.25, 0.3) is 5.89 Å². The Morgan fingerprint density at radius 2 is 2.04 bits per heavy atom. The third-order valence-electron chi connectivity index (χ3n) is 4.25. The summed E-state index contributed by atoms with van der Waals surface area (Å²) in [5.74, 6) is 1.86. The molecule has 0 bridgehead atoms. The highest BCUT2D eigenvalue weighted by Crippen LogP contribution is 2.38. The zero-order chi connectivity index (χ0) is 16.6. The minimum atomic E-state index is -0.421. The second-order valence-corrected chi connectivity index (χ2v) is 6.79. The standard InChI is InChI=1S/C17H18N4O2S/c1-2-22-12-6-4-11(5-7-12)15-19-13(10-24-15)14-20-16(21-23-14)17(18)8-3-9-17/h4-7,10H,2-3,8-9,18H2,1H3. The molecular weight excluding hydrogens is 324 g/mol. The number of hydrogen-bond acceptors (Lipinski definition) is 7. The highest BCUT2D eigenvalue weighted by molar-refractivity contribution is 7.13. The van der Waals surface area contributed by atoms with Gasteiger partial charge in [-0.25, -0.2) is 4.98 Å². The first-order chi connectivity index (χ1) is 11.7. The largest absolute Gasteiger partial charge is 0.494 e. The van der Waals surface area contributed by atoms with E-state index in [9.17, 15) is 0 Å². The topological polar surface area (TPSA) is 87.1 Å². The van der Waals surface area contributed by atoms with Crippen molar-refractivity contribution in [2.24, 2.45) is 5.73 Å². The predicted molar refractivity (Wildman–Crippen MR) is 91.7 cm³/mol. The second-order valence-electron chi connectivity index (χ2n) is 5.93. The fourth-order valence-electron chi connectivity index (χ4n) is 2.68. The maximum absolute atomic E-state index is 6.24. The molecule has 124 valence electrons. The van der Waals surface area contributed by atoms with E-state index in [1.807, 2.05) is 36.6 Å². The summed E-state index contributed by atoms with van der Waals surface area (Å²) in [6, 6.07) is 7.88. The lowest BCUT2D eigenvalue weighted by atomic mass is 9.77. The average molecular weight is 342 g/mol. The van der Waals surface area contributed by atoms with Gasteiger partial charge >= 0.3 is 0 Å². The van der Waals surface area contributed by atoms with Crippen LogP contribution in [0.1, 0.15) is 32.0 Å². The molecule has 0 aliphatic heterocycles. The van der Waals surface area contributed by atoms with Gasteiger partial charge in [-0.3, -0.25) is 0 Å². The number of ether oxygens (including phenoxy) is 1. The van der Waals surface area contributed by atoms with Crippen LogP contribution < -0.4 is 10.5 Å². The summed E-state index contributed by atoms with van der Waals surface area (Å²) in [6.45, 7) is 2.62. The van der Waals surface area contributed by atoms with Crippen LogP contribution in [0.15, 0.2) is 34.2 Å². The molecule has 1 aliphatic rings. The van der Waals surface area contributed by atoms with E-state index in [1.165, 1.54) is 0 Å². The number of thiazole rings is 1. The monoisotopic (exact) mass is 342 g/mol. The summed E-state index contributed by atoms with van der Waals surface area (Å²) >= 11 is 1.54. The van der Waals surface area contributed by atoms with Gasteiger partial charge < -0.3 is 15.0 Å². The molecule has 6 nitrogen and oxygen atoms in total. The van der Waals surface area contributed by atoms with Crippen LogP contribution in [0.3, 0.4) is 0 Å². The quantitative estimate of drug-likeness (QED) is 0.762. The predicted octanol–water partition coefficient (Wildman–Crippen LogP) is 3.60. The van der Waals surface area contributed by atoms with Gasteiger partial charge in [-0.15, -0.1) is 11.3 Å². The first kappa shape index (κ1) is 15.3. The van der Waals surface area contributed by atoms with Crippen molar-refractivity contribution in [1.82, 2.24) is 15.1 Å². The summed E-state index contributed by atoms with van der Waals surface area (Å²) < 4.78 is 10.8. The van der Waals surface area contributed by atoms with Crippen molar-refractivity contribution in [1.29, 1.82) is 0 Å². The van der Waals surface area contributed by atoms with Gasteiger partial charge in [0.15, 0.2) is 5.82 Å². The van der Waals surface area contributed by atoms with Gasteiger partial charge in [0, 0.05) is 10.9 Å². The number of rotatable bonds is 5. The first-order valence-electron chi connectivity index (χ1n) is 8.00. The maximum atomic E-state index is 6.24. The number of aromatic nitrogens is 3. The summed E-state index contributed by atoms with van der Waals surface area (Å²) in [7, 11) is 0. The molecule has 0 saturated heterocycles. The Balaban J connectivity index is 1.56. The van der Waals surface area contributed by atoms with Crippen LogP contribution in [0, 0.1) is 0 Å². The van der Waals surface area contributed by atoms with Crippen LogP contribution in [0.5, 0.6) is 5.75 Å². The van der Waals surface area contributed by atoms with Gasteiger partial charge in [0.1, 0.15) is 16.5 Å². The van der Waals surface area contributed by atoms with Gasteiger partial charge in [0.2, 0.25) is 0 Å². The Morgan fingerprint density at radius 1 is 1.25 bits per heavy atom. The van der Waals surface area contributed by atoms with E-state index in [0.717, 1.165) is 35.6 Å². The highest BCUT2D eigenvalue weighted by atomic mass is 32.1. The molecule has 2 N–H and O–H groups in total. The normalized spacial score (nSPS) is 15.9. The van der Waals surface area contributed by atoms with E-state index in [-0.39, 0.29) is 0 Å². The van der Waals surface area contributed by atoms with Crippen LogP contribution in [-0.4, -0.2) is 21.7 Å². The summed E-state index contributed by atoms with van der Waals surface area (Å²) in [5.41, 5.74) is 7.53. The van der Waals surface area contributed by atoms with Crippen LogP contribution >= 0.6 is 11.3 Å². The molecule has 3 aromatic rings. The first-order valence-corrected chi connectivity index (χ1v) is 8.88. The zero-order valence-corrected chi connectivity index (χ0v) is 14.2. The molecule has 0 amide bonds. The molecule has 1 fully saturated rings. The minimum absolute atomic E-state index is 0.421. The molecule has 0 atom stereocenters. The molecule has 2 heterocycles. The molecule has 0 radical (unpaired) electrons. The second kappa shape index (κ2) is 5.99. The van der Waals surface area contributed by atoms with Gasteiger partial charge in [-0.05, 0) is 50.5 Å². The van der Waals surface area contributed by atoms with E-state index in [2.05, 4.69) is 15.1 Å². The highest BCUT2D eigenvalue weighted by Gasteiger charge is 2.39. The Kier molecular flexibility index (Phi) is 3.82. The number of nitrogens with two attached hydrogens (primary N) is 1. The fourth-order valence-corrected chi connectivity index (χ4v) is 3.48.